The van der Waals surface area contributed by atoms with E-state index >= 15 is 0 Å². The van der Waals surface area contributed by atoms with Gasteiger partial charge >= 0.3 is 0 Å². The predicted octanol–water partition coefficient (Wildman–Crippen LogP) is 2.97. The van der Waals surface area contributed by atoms with Gasteiger partial charge in [0.15, 0.2) is 23.0 Å². The standard InChI is InChI=1S/C21H22O7/c1-23-16-12-18(25-3)17(24-2)9-13(16)7-8-15(22)14-10-19(26-4)21(28-6)20(11-14)27-5/h9-12H,1-6H3. The number of hydrogen-bond donors (Lipinski definition) is 0. The maximum atomic E-state index is 12.6. The van der Waals surface area contributed by atoms with Crippen molar-refractivity contribution in [3.8, 4) is 46.3 Å². The molecule has 0 aromatic heterocycles. The summed E-state index contributed by atoms with van der Waals surface area (Å²) in [5.41, 5.74) is 0.794. The molecule has 0 saturated carbocycles. The highest BCUT2D eigenvalue weighted by atomic mass is 16.5. The molecule has 28 heavy (non-hydrogen) atoms. The van der Waals surface area contributed by atoms with Gasteiger partial charge in [0.2, 0.25) is 11.5 Å². The molecular weight excluding hydrogens is 364 g/mol. The van der Waals surface area contributed by atoms with Crippen LogP contribution in [0, 0.1) is 11.8 Å². The lowest BCUT2D eigenvalue weighted by molar-refractivity contribution is 0.105. The van der Waals surface area contributed by atoms with E-state index in [9.17, 15) is 4.79 Å². The molecule has 0 fully saturated rings. The molecule has 0 aliphatic heterocycles. The van der Waals surface area contributed by atoms with Crippen LogP contribution in [0.3, 0.4) is 0 Å². The van der Waals surface area contributed by atoms with E-state index in [-0.39, 0.29) is 0 Å². The second-order valence-electron chi connectivity index (χ2n) is 5.40. The Hall–Kier alpha value is -3.53. The van der Waals surface area contributed by atoms with Gasteiger partial charge in [-0.1, -0.05) is 5.92 Å². The lowest BCUT2D eigenvalue weighted by Crippen LogP contribution is -2.01. The fourth-order valence-corrected chi connectivity index (χ4v) is 2.54. The molecule has 2 aromatic carbocycles. The first-order chi connectivity index (χ1) is 13.5. The van der Waals surface area contributed by atoms with E-state index < -0.39 is 5.78 Å². The van der Waals surface area contributed by atoms with Crippen LogP contribution in [0.15, 0.2) is 24.3 Å². The topological polar surface area (TPSA) is 72.5 Å². The summed E-state index contributed by atoms with van der Waals surface area (Å²) >= 11 is 0. The molecule has 0 aliphatic carbocycles. The lowest BCUT2D eigenvalue weighted by atomic mass is 10.1. The second-order valence-corrected chi connectivity index (χ2v) is 5.40. The highest BCUT2D eigenvalue weighted by molar-refractivity contribution is 6.10. The third-order valence-corrected chi connectivity index (χ3v) is 3.94. The minimum atomic E-state index is -0.420. The number of ketones is 1. The van der Waals surface area contributed by atoms with Crippen LogP contribution in [0.4, 0.5) is 0 Å². The number of rotatable bonds is 7. The normalized spacial score (nSPS) is 9.64. The van der Waals surface area contributed by atoms with Crippen LogP contribution >= 0.6 is 0 Å². The Labute approximate surface area is 164 Å². The number of hydrogen-bond acceptors (Lipinski definition) is 7. The van der Waals surface area contributed by atoms with E-state index in [1.54, 1.807) is 24.3 Å². The molecule has 7 nitrogen and oxygen atoms in total. The number of carbonyl (C=O) groups is 1. The minimum Gasteiger partial charge on any atom is -0.495 e. The van der Waals surface area contributed by atoms with Crippen molar-refractivity contribution in [1.82, 2.24) is 0 Å². The van der Waals surface area contributed by atoms with Gasteiger partial charge in [0.05, 0.1) is 48.2 Å². The van der Waals surface area contributed by atoms with Gasteiger partial charge < -0.3 is 28.4 Å². The molecule has 148 valence electrons. The van der Waals surface area contributed by atoms with E-state index in [0.29, 0.717) is 45.6 Å². The summed E-state index contributed by atoms with van der Waals surface area (Å²) in [4.78, 5) is 12.6. The molecular formula is C21H22O7. The van der Waals surface area contributed by atoms with E-state index in [1.165, 1.54) is 42.7 Å². The third-order valence-electron chi connectivity index (χ3n) is 3.94. The van der Waals surface area contributed by atoms with Gasteiger partial charge in [-0.3, -0.25) is 4.79 Å². The smallest absolute Gasteiger partial charge is 0.236 e. The molecule has 0 radical (unpaired) electrons. The van der Waals surface area contributed by atoms with Crippen LogP contribution in [0.2, 0.25) is 0 Å². The van der Waals surface area contributed by atoms with Crippen molar-refractivity contribution >= 4 is 5.78 Å². The molecule has 2 rings (SSSR count). The molecule has 0 saturated heterocycles. The molecule has 0 atom stereocenters. The SMILES string of the molecule is COc1cc(OC)c(OC)cc1C#CC(=O)c1cc(OC)c(OC)c(OC)c1. The van der Waals surface area contributed by atoms with E-state index in [2.05, 4.69) is 11.8 Å². The van der Waals surface area contributed by atoms with Gasteiger partial charge in [0.1, 0.15) is 5.75 Å². The van der Waals surface area contributed by atoms with Crippen molar-refractivity contribution in [2.45, 2.75) is 0 Å². The summed E-state index contributed by atoms with van der Waals surface area (Å²) in [6, 6.07) is 6.38. The molecule has 0 amide bonds. The maximum absolute atomic E-state index is 12.6. The highest BCUT2D eigenvalue weighted by Crippen LogP contribution is 2.38. The Morgan fingerprint density at radius 1 is 0.643 bits per heavy atom. The fraction of sp³-hybridized carbons (Fsp3) is 0.286. The molecule has 0 spiro atoms. The molecule has 0 aliphatic rings. The molecule has 0 unspecified atom stereocenters. The number of carbonyl (C=O) groups excluding carboxylic acids is 1. The van der Waals surface area contributed by atoms with E-state index in [4.69, 9.17) is 28.4 Å². The molecule has 7 heteroatoms. The molecule has 0 bridgehead atoms. The summed E-state index contributed by atoms with van der Waals surface area (Å²) in [5.74, 6) is 7.58. The fourth-order valence-electron chi connectivity index (χ4n) is 2.54. The zero-order valence-electron chi connectivity index (χ0n) is 16.7. The maximum Gasteiger partial charge on any atom is 0.236 e. The van der Waals surface area contributed by atoms with Crippen LogP contribution < -0.4 is 28.4 Å². The Morgan fingerprint density at radius 2 is 1.14 bits per heavy atom. The van der Waals surface area contributed by atoms with Crippen LogP contribution in [0.5, 0.6) is 34.5 Å². The van der Waals surface area contributed by atoms with Crippen LogP contribution in [-0.4, -0.2) is 48.4 Å². The number of ether oxygens (including phenoxy) is 6. The van der Waals surface area contributed by atoms with E-state index in [0.717, 1.165) is 0 Å². The van der Waals surface area contributed by atoms with Crippen LogP contribution in [0.25, 0.3) is 0 Å². The molecule has 0 N–H and O–H groups in total. The summed E-state index contributed by atoms with van der Waals surface area (Å²) in [6.07, 6.45) is 0. The summed E-state index contributed by atoms with van der Waals surface area (Å²) in [6.45, 7) is 0. The van der Waals surface area contributed by atoms with Gasteiger partial charge in [-0.2, -0.15) is 0 Å². The summed E-state index contributed by atoms with van der Waals surface area (Å²) in [7, 11) is 9.00. The van der Waals surface area contributed by atoms with Crippen molar-refractivity contribution in [2.24, 2.45) is 0 Å². The first kappa shape index (κ1) is 20.8. The van der Waals surface area contributed by atoms with Crippen molar-refractivity contribution < 1.29 is 33.2 Å². The quantitative estimate of drug-likeness (QED) is 0.535. The average Bonchev–Trinajstić information content (AvgIpc) is 2.75. The average molecular weight is 386 g/mol. The lowest BCUT2D eigenvalue weighted by Gasteiger charge is -2.12. The van der Waals surface area contributed by atoms with Gasteiger partial charge in [-0.05, 0) is 18.1 Å². The number of benzene rings is 2. The largest absolute Gasteiger partial charge is 0.495 e. The minimum absolute atomic E-state index is 0.307. The zero-order valence-corrected chi connectivity index (χ0v) is 16.7. The van der Waals surface area contributed by atoms with Gasteiger partial charge in [0, 0.05) is 17.7 Å². The van der Waals surface area contributed by atoms with Crippen molar-refractivity contribution in [3.63, 3.8) is 0 Å². The Balaban J connectivity index is 2.46. The van der Waals surface area contributed by atoms with Crippen LogP contribution in [0.1, 0.15) is 15.9 Å². The zero-order chi connectivity index (χ0) is 20.7. The molecule has 0 heterocycles. The predicted molar refractivity (Wildman–Crippen MR) is 103 cm³/mol. The monoisotopic (exact) mass is 386 g/mol. The summed E-state index contributed by atoms with van der Waals surface area (Å²) in [5, 5.41) is 0. The highest BCUT2D eigenvalue weighted by Gasteiger charge is 2.16. The van der Waals surface area contributed by atoms with Crippen LogP contribution in [-0.2, 0) is 0 Å². The second kappa shape index (κ2) is 9.42. The van der Waals surface area contributed by atoms with Gasteiger partial charge in [-0.25, -0.2) is 0 Å². The molecule has 2 aromatic rings. The Bertz CT molecular complexity index is 897. The Morgan fingerprint density at radius 3 is 1.61 bits per heavy atom. The number of methoxy groups -OCH3 is 6. The first-order valence-corrected chi connectivity index (χ1v) is 8.19. The van der Waals surface area contributed by atoms with Crippen molar-refractivity contribution in [2.75, 3.05) is 42.7 Å². The van der Waals surface area contributed by atoms with Gasteiger partial charge in [-0.15, -0.1) is 0 Å². The summed E-state index contributed by atoms with van der Waals surface area (Å²) < 4.78 is 31.6. The first-order valence-electron chi connectivity index (χ1n) is 8.19. The van der Waals surface area contributed by atoms with Crippen molar-refractivity contribution in [1.29, 1.82) is 0 Å². The third kappa shape index (κ3) is 4.23. The van der Waals surface area contributed by atoms with Gasteiger partial charge in [0.25, 0.3) is 0 Å². The number of Topliss-reactive ketones (excluding diaryl/α,β-unsaturated/α-hetero) is 1. The Kier molecular flexibility index (Phi) is 6.99. The van der Waals surface area contributed by atoms with E-state index in [1.807, 2.05) is 0 Å². The van der Waals surface area contributed by atoms with Crippen molar-refractivity contribution in [3.05, 3.63) is 35.4 Å².